The lowest BCUT2D eigenvalue weighted by atomic mass is 10.0. The van der Waals surface area contributed by atoms with Gasteiger partial charge in [-0.2, -0.15) is 12.6 Å². The van der Waals surface area contributed by atoms with E-state index < -0.39 is 41.9 Å². The molecule has 0 spiro atoms. The third-order valence-electron chi connectivity index (χ3n) is 3.36. The molecule has 0 saturated heterocycles. The number of nitrogens with two attached hydrogens (primary N) is 2. The van der Waals surface area contributed by atoms with Gasteiger partial charge in [0.15, 0.2) is 0 Å². The highest BCUT2D eigenvalue weighted by molar-refractivity contribution is 7.80. The molecule has 0 aromatic heterocycles. The molecule has 144 valence electrons. The molecule has 0 aliphatic heterocycles. The summed E-state index contributed by atoms with van der Waals surface area (Å²) in [7, 11) is 0. The maximum absolute atomic E-state index is 12.3. The van der Waals surface area contributed by atoms with Gasteiger partial charge >= 0.3 is 12.0 Å². The van der Waals surface area contributed by atoms with Crippen LogP contribution in [-0.2, 0) is 14.4 Å². The first-order chi connectivity index (χ1) is 11.6. The van der Waals surface area contributed by atoms with Crippen molar-refractivity contribution in [3.63, 3.8) is 0 Å². The molecule has 3 atom stereocenters. The largest absolute Gasteiger partial charge is 0.480 e. The summed E-state index contributed by atoms with van der Waals surface area (Å²) >= 11 is 3.92. The molecule has 0 aromatic carbocycles. The van der Waals surface area contributed by atoms with Crippen LogP contribution in [0.25, 0.3) is 0 Å². The Bertz CT molecular complexity index is 488. The van der Waals surface area contributed by atoms with Crippen molar-refractivity contribution in [1.82, 2.24) is 16.0 Å². The second-order valence-corrected chi connectivity index (χ2v) is 6.22. The predicted molar refractivity (Wildman–Crippen MR) is 95.0 cm³/mol. The number of thiol groups is 1. The van der Waals surface area contributed by atoms with Crippen LogP contribution < -0.4 is 27.4 Å². The lowest BCUT2D eigenvalue weighted by molar-refractivity contribution is -0.142. The van der Waals surface area contributed by atoms with Gasteiger partial charge in [0, 0.05) is 12.3 Å². The van der Waals surface area contributed by atoms with Crippen LogP contribution in [0.4, 0.5) is 4.79 Å². The van der Waals surface area contributed by atoms with Crippen molar-refractivity contribution in [1.29, 1.82) is 0 Å². The van der Waals surface area contributed by atoms with E-state index in [0.717, 1.165) is 0 Å². The first-order valence-electron chi connectivity index (χ1n) is 7.83. The van der Waals surface area contributed by atoms with Crippen LogP contribution >= 0.6 is 12.6 Å². The summed E-state index contributed by atoms with van der Waals surface area (Å²) in [6, 6.07) is -3.66. The zero-order valence-electron chi connectivity index (χ0n) is 14.3. The average molecular weight is 377 g/mol. The number of hydrogen-bond donors (Lipinski definition) is 7. The minimum absolute atomic E-state index is 0.0935. The van der Waals surface area contributed by atoms with E-state index in [2.05, 4.69) is 28.6 Å². The summed E-state index contributed by atoms with van der Waals surface area (Å²) in [6.07, 6.45) is 0.402. The van der Waals surface area contributed by atoms with Gasteiger partial charge in [0.05, 0.1) is 6.04 Å². The van der Waals surface area contributed by atoms with E-state index in [1.54, 1.807) is 13.8 Å². The first-order valence-corrected chi connectivity index (χ1v) is 8.46. The third-order valence-corrected chi connectivity index (χ3v) is 3.76. The number of primary amides is 1. The fourth-order valence-corrected chi connectivity index (χ4v) is 2.08. The van der Waals surface area contributed by atoms with Crippen LogP contribution in [0.1, 0.15) is 26.7 Å². The van der Waals surface area contributed by atoms with Gasteiger partial charge in [0.1, 0.15) is 12.1 Å². The number of amides is 4. The summed E-state index contributed by atoms with van der Waals surface area (Å²) in [4.78, 5) is 46.1. The first kappa shape index (κ1) is 23.0. The summed E-state index contributed by atoms with van der Waals surface area (Å²) < 4.78 is 0. The third kappa shape index (κ3) is 9.15. The highest BCUT2D eigenvalue weighted by Crippen LogP contribution is 2.05. The Balaban J connectivity index is 4.77. The van der Waals surface area contributed by atoms with Crippen molar-refractivity contribution >= 4 is 36.4 Å². The molecule has 10 nitrogen and oxygen atoms in total. The molecule has 8 N–H and O–H groups in total. The summed E-state index contributed by atoms with van der Waals surface area (Å²) in [6.45, 7) is 3.61. The van der Waals surface area contributed by atoms with Crippen LogP contribution in [-0.4, -0.2) is 59.3 Å². The highest BCUT2D eigenvalue weighted by atomic mass is 32.1. The van der Waals surface area contributed by atoms with Gasteiger partial charge in [-0.15, -0.1) is 0 Å². The maximum atomic E-state index is 12.3. The van der Waals surface area contributed by atoms with Crippen molar-refractivity contribution in [3.05, 3.63) is 0 Å². The van der Waals surface area contributed by atoms with E-state index in [9.17, 15) is 24.3 Å². The Morgan fingerprint density at radius 3 is 2.16 bits per heavy atom. The van der Waals surface area contributed by atoms with Crippen LogP contribution in [0, 0.1) is 5.92 Å². The van der Waals surface area contributed by atoms with Gasteiger partial charge in [0.2, 0.25) is 11.8 Å². The van der Waals surface area contributed by atoms with Crippen LogP contribution in [0.5, 0.6) is 0 Å². The Hall–Kier alpha value is -2.01. The average Bonchev–Trinajstić information content (AvgIpc) is 2.53. The van der Waals surface area contributed by atoms with Crippen molar-refractivity contribution < 1.29 is 24.3 Å². The Morgan fingerprint density at radius 2 is 1.72 bits per heavy atom. The zero-order valence-corrected chi connectivity index (χ0v) is 15.2. The monoisotopic (exact) mass is 377 g/mol. The number of carbonyl (C=O) groups is 4. The normalized spacial score (nSPS) is 14.3. The van der Waals surface area contributed by atoms with E-state index in [0.29, 0.717) is 6.42 Å². The molecule has 0 heterocycles. The van der Waals surface area contributed by atoms with Gasteiger partial charge in [-0.1, -0.05) is 13.8 Å². The van der Waals surface area contributed by atoms with E-state index in [1.807, 2.05) is 0 Å². The number of rotatable bonds is 11. The van der Waals surface area contributed by atoms with E-state index in [4.69, 9.17) is 11.5 Å². The van der Waals surface area contributed by atoms with Gasteiger partial charge in [-0.05, 0) is 18.8 Å². The summed E-state index contributed by atoms with van der Waals surface area (Å²) in [5.74, 6) is -2.54. The zero-order chi connectivity index (χ0) is 19.6. The number of aliphatic carboxylic acids is 1. The molecule has 11 heteroatoms. The van der Waals surface area contributed by atoms with Gasteiger partial charge in [0.25, 0.3) is 0 Å². The molecule has 0 rings (SSSR count). The molecule has 0 aliphatic rings. The number of nitrogens with one attached hydrogen (secondary N) is 3. The predicted octanol–water partition coefficient (Wildman–Crippen LogP) is -1.60. The maximum Gasteiger partial charge on any atom is 0.326 e. The summed E-state index contributed by atoms with van der Waals surface area (Å²) in [5, 5.41) is 16.4. The standard InChI is InChI=1S/C14H27N5O5S/c1-7(2)10(19-11(20)8(15)6-25)12(21)18-9(13(22)23)4-3-5-17-14(16)24/h7-10,25H,3-6,15H2,1-2H3,(H,18,21)(H,19,20)(H,22,23)(H3,16,17,24)/t8-,9-,10-/m0/s1. The molecular formula is C14H27N5O5S. The Labute approximate surface area is 151 Å². The van der Waals surface area contributed by atoms with Crippen molar-refractivity contribution in [2.75, 3.05) is 12.3 Å². The van der Waals surface area contributed by atoms with Gasteiger partial charge < -0.3 is 32.5 Å². The van der Waals surface area contributed by atoms with Crippen LogP contribution in [0.2, 0.25) is 0 Å². The van der Waals surface area contributed by atoms with Gasteiger partial charge in [-0.3, -0.25) is 9.59 Å². The molecule has 0 radical (unpaired) electrons. The quantitative estimate of drug-likeness (QED) is 0.168. The van der Waals surface area contributed by atoms with Crippen LogP contribution in [0.3, 0.4) is 0 Å². The topological polar surface area (TPSA) is 177 Å². The highest BCUT2D eigenvalue weighted by Gasteiger charge is 2.29. The second kappa shape index (κ2) is 11.5. The molecule has 0 aliphatic carbocycles. The molecular weight excluding hydrogens is 350 g/mol. The van der Waals surface area contributed by atoms with Gasteiger partial charge in [-0.25, -0.2) is 9.59 Å². The number of carbonyl (C=O) groups excluding carboxylic acids is 3. The van der Waals surface area contributed by atoms with E-state index in [-0.39, 0.29) is 24.6 Å². The lowest BCUT2D eigenvalue weighted by Crippen LogP contribution is -2.56. The lowest BCUT2D eigenvalue weighted by Gasteiger charge is -2.25. The number of carboxylic acids is 1. The smallest absolute Gasteiger partial charge is 0.326 e. The molecule has 0 aromatic rings. The number of carboxylic acid groups (broad SMARTS) is 1. The second-order valence-electron chi connectivity index (χ2n) is 5.85. The minimum Gasteiger partial charge on any atom is -0.480 e. The summed E-state index contributed by atoms with van der Waals surface area (Å²) in [5.41, 5.74) is 10.5. The number of hydrogen-bond acceptors (Lipinski definition) is 6. The van der Waals surface area contributed by atoms with Crippen molar-refractivity contribution in [2.24, 2.45) is 17.4 Å². The van der Waals surface area contributed by atoms with Crippen molar-refractivity contribution in [2.45, 2.75) is 44.8 Å². The van der Waals surface area contributed by atoms with Crippen LogP contribution in [0.15, 0.2) is 0 Å². The Morgan fingerprint density at radius 1 is 1.12 bits per heavy atom. The molecule has 0 saturated carbocycles. The molecule has 0 unspecified atom stereocenters. The molecule has 0 fully saturated rings. The SMILES string of the molecule is CC(C)[C@H](NC(=O)[C@@H](N)CS)C(=O)N[C@@H](CCCNC(N)=O)C(=O)O. The molecule has 4 amide bonds. The van der Waals surface area contributed by atoms with E-state index in [1.165, 1.54) is 0 Å². The van der Waals surface area contributed by atoms with Crippen molar-refractivity contribution in [3.8, 4) is 0 Å². The molecule has 25 heavy (non-hydrogen) atoms. The minimum atomic E-state index is -1.21. The Kier molecular flexibility index (Phi) is 10.6. The van der Waals surface area contributed by atoms with E-state index >= 15 is 0 Å². The fraction of sp³-hybridized carbons (Fsp3) is 0.714. The molecule has 0 bridgehead atoms. The fourth-order valence-electron chi connectivity index (χ4n) is 1.91. The number of urea groups is 1.